The molecule has 3 N–H and O–H groups in total. The van der Waals surface area contributed by atoms with Gasteiger partial charge < -0.3 is 10.3 Å². The highest BCUT2D eigenvalue weighted by Crippen LogP contribution is 2.32. The van der Waals surface area contributed by atoms with Crippen LogP contribution in [0.3, 0.4) is 0 Å². The lowest BCUT2D eigenvalue weighted by atomic mass is 9.86. The van der Waals surface area contributed by atoms with Gasteiger partial charge in [0.15, 0.2) is 5.65 Å². The number of hydrogen-bond acceptors (Lipinski definition) is 4. The summed E-state index contributed by atoms with van der Waals surface area (Å²) < 4.78 is 0. The van der Waals surface area contributed by atoms with E-state index in [4.69, 9.17) is 0 Å². The van der Waals surface area contributed by atoms with Crippen LogP contribution in [0.2, 0.25) is 0 Å². The third kappa shape index (κ3) is 5.11. The van der Waals surface area contributed by atoms with Crippen molar-refractivity contribution in [3.63, 3.8) is 0 Å². The number of anilines is 1. The van der Waals surface area contributed by atoms with Crippen LogP contribution < -0.4 is 5.32 Å². The lowest BCUT2D eigenvalue weighted by Crippen LogP contribution is -2.10. The summed E-state index contributed by atoms with van der Waals surface area (Å²) in [5.74, 6) is 0.746. The van der Waals surface area contributed by atoms with E-state index in [-0.39, 0.29) is 0 Å². The van der Waals surface area contributed by atoms with Crippen molar-refractivity contribution in [2.45, 2.75) is 45.4 Å². The van der Waals surface area contributed by atoms with Gasteiger partial charge in [-0.25, -0.2) is 4.98 Å². The lowest BCUT2D eigenvalue weighted by molar-refractivity contribution is 0.357. The van der Waals surface area contributed by atoms with Crippen molar-refractivity contribution < 1.29 is 0 Å². The molecular weight excluding hydrogens is 432 g/mol. The molecule has 6 nitrogen and oxygen atoms in total. The third-order valence-corrected chi connectivity index (χ3v) is 6.80. The second kappa shape index (κ2) is 10.1. The van der Waals surface area contributed by atoms with Crippen molar-refractivity contribution in [3.05, 3.63) is 79.1 Å². The highest BCUT2D eigenvalue weighted by molar-refractivity contribution is 5.93. The predicted molar refractivity (Wildman–Crippen MR) is 145 cm³/mol. The number of pyridine rings is 2. The summed E-state index contributed by atoms with van der Waals surface area (Å²) in [7, 11) is 0. The van der Waals surface area contributed by atoms with Crippen LogP contribution in [0.1, 0.15) is 49.8 Å². The number of aromatic nitrogens is 5. The number of nitrogens with one attached hydrogen (secondary N) is 3. The van der Waals surface area contributed by atoms with Gasteiger partial charge in [-0.2, -0.15) is 5.10 Å². The highest BCUT2D eigenvalue weighted by atomic mass is 15.2. The minimum absolute atomic E-state index is 0.683. The van der Waals surface area contributed by atoms with Gasteiger partial charge in [0.25, 0.3) is 0 Å². The maximum Gasteiger partial charge on any atom is 0.181 e. The zero-order valence-electron chi connectivity index (χ0n) is 20.3. The van der Waals surface area contributed by atoms with Crippen molar-refractivity contribution >= 4 is 22.8 Å². The first kappa shape index (κ1) is 22.8. The Balaban J connectivity index is 1.39. The minimum Gasteiger partial charge on any atom is -0.358 e. The van der Waals surface area contributed by atoms with Gasteiger partial charge in [-0.05, 0) is 43.0 Å². The van der Waals surface area contributed by atoms with E-state index < -0.39 is 0 Å². The van der Waals surface area contributed by atoms with E-state index in [1.165, 1.54) is 32.1 Å². The first-order valence-electron chi connectivity index (χ1n) is 12.3. The van der Waals surface area contributed by atoms with Gasteiger partial charge >= 0.3 is 0 Å². The predicted octanol–water partition coefficient (Wildman–Crippen LogP) is 7.42. The average molecular weight is 465 g/mol. The zero-order chi connectivity index (χ0) is 24.2. The second-order valence-corrected chi connectivity index (χ2v) is 9.45. The van der Waals surface area contributed by atoms with Gasteiger partial charge in [0.1, 0.15) is 0 Å². The Morgan fingerprint density at radius 2 is 1.94 bits per heavy atom. The Kier molecular flexibility index (Phi) is 6.62. The maximum atomic E-state index is 4.60. The second-order valence-electron chi connectivity index (χ2n) is 9.45. The molecule has 4 aromatic heterocycles. The van der Waals surface area contributed by atoms with Gasteiger partial charge in [0.2, 0.25) is 0 Å². The van der Waals surface area contributed by atoms with E-state index in [0.717, 1.165) is 62.9 Å². The summed E-state index contributed by atoms with van der Waals surface area (Å²) in [5.41, 5.74) is 8.77. The molecule has 0 unspecified atom stereocenters. The molecule has 0 amide bonds. The molecule has 0 aromatic carbocycles. The van der Waals surface area contributed by atoms with Crippen molar-refractivity contribution in [2.24, 2.45) is 5.92 Å². The van der Waals surface area contributed by atoms with Crippen molar-refractivity contribution in [2.75, 3.05) is 5.32 Å². The SMILES string of the molecule is C=C/C=C\c1cc(-c2[nH]nc3ncc(-c4cncc(NC(=C)CC5CCCCC5)c4)cc23)[nH]c1C. The Hall–Kier alpha value is -3.93. The summed E-state index contributed by atoms with van der Waals surface area (Å²) in [6, 6.07) is 6.34. The van der Waals surface area contributed by atoms with Gasteiger partial charge in [-0.1, -0.05) is 63.5 Å². The van der Waals surface area contributed by atoms with Gasteiger partial charge in [0.05, 0.1) is 23.3 Å². The molecule has 1 aliphatic rings. The molecule has 5 rings (SSSR count). The van der Waals surface area contributed by atoms with E-state index in [9.17, 15) is 0 Å². The molecule has 0 radical (unpaired) electrons. The summed E-state index contributed by atoms with van der Waals surface area (Å²) in [6.07, 6.45) is 19.0. The number of allylic oxidation sites excluding steroid dienone is 3. The molecule has 0 saturated heterocycles. The number of hydrogen-bond donors (Lipinski definition) is 3. The molecule has 0 bridgehead atoms. The molecule has 1 saturated carbocycles. The molecule has 0 aliphatic heterocycles. The molecule has 4 heterocycles. The smallest absolute Gasteiger partial charge is 0.181 e. The Morgan fingerprint density at radius 3 is 2.77 bits per heavy atom. The van der Waals surface area contributed by atoms with Crippen LogP contribution in [0.4, 0.5) is 5.69 Å². The fraction of sp³-hybridized carbons (Fsp3) is 0.276. The number of rotatable bonds is 8. The number of aryl methyl sites for hydroxylation is 1. The normalized spacial score (nSPS) is 14.5. The van der Waals surface area contributed by atoms with E-state index in [2.05, 4.69) is 68.7 Å². The quantitative estimate of drug-likeness (QED) is 0.237. The highest BCUT2D eigenvalue weighted by Gasteiger charge is 2.16. The fourth-order valence-corrected chi connectivity index (χ4v) is 4.98. The first-order valence-corrected chi connectivity index (χ1v) is 12.3. The van der Waals surface area contributed by atoms with E-state index in [1.54, 1.807) is 6.08 Å². The summed E-state index contributed by atoms with van der Waals surface area (Å²) in [6.45, 7) is 10.1. The number of fused-ring (bicyclic) bond motifs is 1. The Morgan fingerprint density at radius 1 is 1.11 bits per heavy atom. The molecule has 4 aromatic rings. The average Bonchev–Trinajstić information content (AvgIpc) is 3.46. The van der Waals surface area contributed by atoms with Crippen LogP contribution in [-0.2, 0) is 0 Å². The van der Waals surface area contributed by atoms with Crippen LogP contribution in [0.15, 0.2) is 67.8 Å². The van der Waals surface area contributed by atoms with Crippen molar-refractivity contribution in [3.8, 4) is 22.5 Å². The molecular formula is C29H32N6. The van der Waals surface area contributed by atoms with Crippen molar-refractivity contribution in [1.29, 1.82) is 0 Å². The van der Waals surface area contributed by atoms with Crippen LogP contribution in [0.5, 0.6) is 0 Å². The van der Waals surface area contributed by atoms with E-state index in [0.29, 0.717) is 5.65 Å². The maximum absolute atomic E-state index is 4.60. The van der Waals surface area contributed by atoms with Crippen LogP contribution in [0, 0.1) is 12.8 Å². The third-order valence-electron chi connectivity index (χ3n) is 6.80. The molecule has 0 spiro atoms. The summed E-state index contributed by atoms with van der Waals surface area (Å²) in [5, 5.41) is 12.0. The van der Waals surface area contributed by atoms with Gasteiger partial charge in [0, 0.05) is 40.3 Å². The Labute approximate surface area is 206 Å². The van der Waals surface area contributed by atoms with Crippen molar-refractivity contribution in [1.82, 2.24) is 25.1 Å². The monoisotopic (exact) mass is 464 g/mol. The standard InChI is InChI=1S/C29H32N6/c1-4-5-11-22-15-27(33-20(22)3)28-26-14-24(17-31-29(26)35-34-28)23-13-25(18-30-16-23)32-19(2)12-21-9-7-6-8-10-21/h4-5,11,13-18,21,32-33H,1-2,6-10,12H2,3H3,(H,31,34,35)/b11-5-. The van der Waals surface area contributed by atoms with E-state index >= 15 is 0 Å². The largest absolute Gasteiger partial charge is 0.358 e. The fourth-order valence-electron chi connectivity index (χ4n) is 4.98. The van der Waals surface area contributed by atoms with Crippen LogP contribution in [-0.4, -0.2) is 25.1 Å². The summed E-state index contributed by atoms with van der Waals surface area (Å²) in [4.78, 5) is 12.5. The lowest BCUT2D eigenvalue weighted by Gasteiger charge is -2.22. The van der Waals surface area contributed by atoms with Gasteiger partial charge in [-0.3, -0.25) is 10.1 Å². The number of H-pyrrole nitrogens is 2. The molecule has 6 heteroatoms. The summed E-state index contributed by atoms with van der Waals surface area (Å²) >= 11 is 0. The molecule has 1 fully saturated rings. The number of nitrogens with zero attached hydrogens (tertiary/aromatic N) is 3. The Bertz CT molecular complexity index is 1380. The topological polar surface area (TPSA) is 82.3 Å². The first-order chi connectivity index (χ1) is 17.1. The van der Waals surface area contributed by atoms with Crippen LogP contribution >= 0.6 is 0 Å². The van der Waals surface area contributed by atoms with Gasteiger partial charge in [-0.15, -0.1) is 0 Å². The molecule has 178 valence electrons. The molecule has 35 heavy (non-hydrogen) atoms. The van der Waals surface area contributed by atoms with E-state index in [1.807, 2.05) is 30.7 Å². The minimum atomic E-state index is 0.683. The molecule has 0 atom stereocenters. The number of aromatic amines is 2. The van der Waals surface area contributed by atoms with Crippen LogP contribution in [0.25, 0.3) is 39.6 Å². The molecule has 1 aliphatic carbocycles. The zero-order valence-corrected chi connectivity index (χ0v) is 20.3.